The molecule has 0 heterocycles. The quantitative estimate of drug-likeness (QED) is 0.806. The van der Waals surface area contributed by atoms with E-state index in [4.69, 9.17) is 0 Å². The number of sulfonamides is 1. The summed E-state index contributed by atoms with van der Waals surface area (Å²) >= 11 is 0. The smallest absolute Gasteiger partial charge is 0.243 e. The van der Waals surface area contributed by atoms with E-state index in [1.165, 1.54) is 4.31 Å². The molecule has 140 valence electrons. The van der Waals surface area contributed by atoms with Crippen molar-refractivity contribution >= 4 is 21.6 Å². The molecule has 1 amide bonds. The molecule has 0 saturated heterocycles. The molecule has 0 aliphatic heterocycles. The van der Waals surface area contributed by atoms with Gasteiger partial charge in [-0.3, -0.25) is 4.79 Å². The van der Waals surface area contributed by atoms with Gasteiger partial charge in [0.2, 0.25) is 15.9 Å². The van der Waals surface area contributed by atoms with Gasteiger partial charge >= 0.3 is 0 Å². The van der Waals surface area contributed by atoms with Crippen molar-refractivity contribution in [1.29, 1.82) is 0 Å². The Bertz CT molecular complexity index is 888. The lowest BCUT2D eigenvalue weighted by Gasteiger charge is -2.19. The molecule has 0 aliphatic carbocycles. The summed E-state index contributed by atoms with van der Waals surface area (Å²) in [6.45, 7) is 8.23. The lowest BCUT2D eigenvalue weighted by molar-refractivity contribution is -0.115. The van der Waals surface area contributed by atoms with Crippen molar-refractivity contribution in [2.45, 2.75) is 39.0 Å². The minimum Gasteiger partial charge on any atom is -0.326 e. The van der Waals surface area contributed by atoms with Gasteiger partial charge < -0.3 is 5.32 Å². The predicted molar refractivity (Wildman–Crippen MR) is 105 cm³/mol. The van der Waals surface area contributed by atoms with E-state index < -0.39 is 10.0 Å². The zero-order chi connectivity index (χ0) is 19.3. The topological polar surface area (TPSA) is 66.5 Å². The van der Waals surface area contributed by atoms with Gasteiger partial charge in [-0.15, -0.1) is 0 Å². The standard InChI is InChI=1S/C20H26N2O3S/c1-5-22(6-2)26(24,25)18-12-11-16(4)19(14-18)21-20(23)13-17-10-8-7-9-15(17)3/h7-12,14H,5-6,13H2,1-4H3,(H,21,23). The third-order valence-corrected chi connectivity index (χ3v) is 6.48. The normalized spacial score (nSPS) is 11.6. The van der Waals surface area contributed by atoms with Crippen LogP contribution in [0.4, 0.5) is 5.69 Å². The molecular formula is C20H26N2O3S. The Labute approximate surface area is 156 Å². The number of anilines is 1. The summed E-state index contributed by atoms with van der Waals surface area (Å²) in [4.78, 5) is 12.6. The molecule has 6 heteroatoms. The fraction of sp³-hybridized carbons (Fsp3) is 0.350. The predicted octanol–water partition coefficient (Wildman–Crippen LogP) is 3.52. The van der Waals surface area contributed by atoms with Crippen molar-refractivity contribution in [2.75, 3.05) is 18.4 Å². The van der Waals surface area contributed by atoms with Crippen molar-refractivity contribution in [3.63, 3.8) is 0 Å². The van der Waals surface area contributed by atoms with Crippen LogP contribution < -0.4 is 5.32 Å². The molecular weight excluding hydrogens is 348 g/mol. The van der Waals surface area contributed by atoms with E-state index in [0.29, 0.717) is 18.8 Å². The zero-order valence-electron chi connectivity index (χ0n) is 15.7. The highest BCUT2D eigenvalue weighted by Gasteiger charge is 2.22. The Morgan fingerprint density at radius 1 is 1.00 bits per heavy atom. The first-order valence-electron chi connectivity index (χ1n) is 8.74. The number of rotatable bonds is 7. The van der Waals surface area contributed by atoms with Crippen LogP contribution >= 0.6 is 0 Å². The second-order valence-corrected chi connectivity index (χ2v) is 8.16. The second-order valence-electron chi connectivity index (χ2n) is 6.22. The van der Waals surface area contributed by atoms with E-state index in [2.05, 4.69) is 5.32 Å². The first-order valence-corrected chi connectivity index (χ1v) is 10.2. The van der Waals surface area contributed by atoms with Gasteiger partial charge in [0.25, 0.3) is 0 Å². The Balaban J connectivity index is 2.25. The van der Waals surface area contributed by atoms with Crippen LogP contribution in [0, 0.1) is 13.8 Å². The summed E-state index contributed by atoms with van der Waals surface area (Å²) in [5, 5.41) is 2.85. The highest BCUT2D eigenvalue weighted by atomic mass is 32.2. The second kappa shape index (κ2) is 8.47. The lowest BCUT2D eigenvalue weighted by Crippen LogP contribution is -2.30. The van der Waals surface area contributed by atoms with E-state index in [9.17, 15) is 13.2 Å². The molecule has 26 heavy (non-hydrogen) atoms. The van der Waals surface area contributed by atoms with Crippen molar-refractivity contribution in [1.82, 2.24) is 4.31 Å². The SMILES string of the molecule is CCN(CC)S(=O)(=O)c1ccc(C)c(NC(=O)Cc2ccccc2C)c1. The molecule has 0 fully saturated rings. The number of nitrogens with zero attached hydrogens (tertiary/aromatic N) is 1. The average Bonchev–Trinajstić information content (AvgIpc) is 2.59. The van der Waals surface area contributed by atoms with Crippen molar-refractivity contribution < 1.29 is 13.2 Å². The molecule has 5 nitrogen and oxygen atoms in total. The highest BCUT2D eigenvalue weighted by molar-refractivity contribution is 7.89. The molecule has 0 spiro atoms. The van der Waals surface area contributed by atoms with Gasteiger partial charge in [0.15, 0.2) is 0 Å². The van der Waals surface area contributed by atoms with Crippen molar-refractivity contribution in [2.24, 2.45) is 0 Å². The van der Waals surface area contributed by atoms with Crippen LogP contribution in [0.1, 0.15) is 30.5 Å². The van der Waals surface area contributed by atoms with Gasteiger partial charge in [0.05, 0.1) is 11.3 Å². The molecule has 0 radical (unpaired) electrons. The van der Waals surface area contributed by atoms with Crippen LogP contribution in [0.3, 0.4) is 0 Å². The van der Waals surface area contributed by atoms with Crippen LogP contribution in [-0.4, -0.2) is 31.7 Å². The number of aryl methyl sites for hydroxylation is 2. The van der Waals surface area contributed by atoms with Crippen LogP contribution in [0.2, 0.25) is 0 Å². The third kappa shape index (κ3) is 4.51. The van der Waals surface area contributed by atoms with E-state index in [1.807, 2.05) is 38.1 Å². The van der Waals surface area contributed by atoms with Gasteiger partial charge in [-0.2, -0.15) is 4.31 Å². The summed E-state index contributed by atoms with van der Waals surface area (Å²) in [6.07, 6.45) is 0.249. The van der Waals surface area contributed by atoms with E-state index in [-0.39, 0.29) is 17.2 Å². The largest absolute Gasteiger partial charge is 0.326 e. The molecule has 0 bridgehead atoms. The Morgan fingerprint density at radius 3 is 2.27 bits per heavy atom. The van der Waals surface area contributed by atoms with Crippen LogP contribution in [0.5, 0.6) is 0 Å². The van der Waals surface area contributed by atoms with E-state index >= 15 is 0 Å². The summed E-state index contributed by atoms with van der Waals surface area (Å²) in [7, 11) is -3.56. The lowest BCUT2D eigenvalue weighted by atomic mass is 10.1. The molecule has 2 aromatic rings. The summed E-state index contributed by atoms with van der Waals surface area (Å²) in [5.41, 5.74) is 3.35. The number of nitrogens with one attached hydrogen (secondary N) is 1. The zero-order valence-corrected chi connectivity index (χ0v) is 16.6. The van der Waals surface area contributed by atoms with Gasteiger partial charge in [-0.1, -0.05) is 44.2 Å². The number of hydrogen-bond acceptors (Lipinski definition) is 3. The molecule has 0 saturated carbocycles. The molecule has 0 atom stereocenters. The first-order chi connectivity index (χ1) is 12.3. The van der Waals surface area contributed by atoms with Gasteiger partial charge in [-0.25, -0.2) is 8.42 Å². The van der Waals surface area contributed by atoms with E-state index in [1.54, 1.807) is 32.0 Å². The van der Waals surface area contributed by atoms with Crippen molar-refractivity contribution in [3.05, 3.63) is 59.2 Å². The highest BCUT2D eigenvalue weighted by Crippen LogP contribution is 2.23. The Kier molecular flexibility index (Phi) is 6.56. The minimum atomic E-state index is -3.56. The third-order valence-electron chi connectivity index (χ3n) is 4.44. The summed E-state index contributed by atoms with van der Waals surface area (Å²) in [5.74, 6) is -0.167. The van der Waals surface area contributed by atoms with Crippen LogP contribution in [-0.2, 0) is 21.2 Å². The van der Waals surface area contributed by atoms with Gasteiger partial charge in [0.1, 0.15) is 0 Å². The van der Waals surface area contributed by atoms with Gasteiger partial charge in [-0.05, 0) is 42.7 Å². The fourth-order valence-corrected chi connectivity index (χ4v) is 4.27. The summed E-state index contributed by atoms with van der Waals surface area (Å²) in [6, 6.07) is 12.6. The number of carbonyl (C=O) groups excluding carboxylic acids is 1. The number of hydrogen-bond donors (Lipinski definition) is 1. The fourth-order valence-electron chi connectivity index (χ4n) is 2.78. The number of benzene rings is 2. The molecule has 0 unspecified atom stereocenters. The maximum absolute atomic E-state index is 12.7. The molecule has 2 rings (SSSR count). The van der Waals surface area contributed by atoms with Crippen molar-refractivity contribution in [3.8, 4) is 0 Å². The molecule has 2 aromatic carbocycles. The maximum atomic E-state index is 12.7. The minimum absolute atomic E-state index is 0.167. The summed E-state index contributed by atoms with van der Waals surface area (Å²) < 4.78 is 26.8. The molecule has 1 N–H and O–H groups in total. The maximum Gasteiger partial charge on any atom is 0.243 e. The molecule has 0 aromatic heterocycles. The van der Waals surface area contributed by atoms with Crippen LogP contribution in [0.15, 0.2) is 47.4 Å². The van der Waals surface area contributed by atoms with E-state index in [0.717, 1.165) is 16.7 Å². The monoisotopic (exact) mass is 374 g/mol. The number of carbonyl (C=O) groups is 1. The van der Waals surface area contributed by atoms with Crippen LogP contribution in [0.25, 0.3) is 0 Å². The average molecular weight is 375 g/mol. The first kappa shape index (κ1) is 20.1. The Hall–Kier alpha value is -2.18. The Morgan fingerprint density at radius 2 is 1.65 bits per heavy atom. The number of amides is 1. The molecule has 0 aliphatic rings. The van der Waals surface area contributed by atoms with Gasteiger partial charge in [0, 0.05) is 18.8 Å².